The molecule has 1 aliphatic carbocycles. The van der Waals surface area contributed by atoms with Crippen LogP contribution in [0.4, 0.5) is 0 Å². The van der Waals surface area contributed by atoms with Crippen molar-refractivity contribution in [3.05, 3.63) is 0 Å². The summed E-state index contributed by atoms with van der Waals surface area (Å²) in [6.07, 6.45) is 4.78. The van der Waals surface area contributed by atoms with E-state index in [4.69, 9.17) is 4.84 Å². The molecule has 0 aliphatic heterocycles. The summed E-state index contributed by atoms with van der Waals surface area (Å²) in [5, 5.41) is 2.73. The Morgan fingerprint density at radius 1 is 1.22 bits per heavy atom. The lowest BCUT2D eigenvalue weighted by atomic mass is 9.96. The van der Waals surface area contributed by atoms with Gasteiger partial charge in [0.1, 0.15) is 0 Å². The molecule has 0 aromatic heterocycles. The topological polar surface area (TPSA) is 67.4 Å². The zero-order valence-electron chi connectivity index (χ0n) is 11.5. The summed E-state index contributed by atoms with van der Waals surface area (Å²) in [7, 11) is 0. The van der Waals surface area contributed by atoms with E-state index in [-0.39, 0.29) is 24.3 Å². The smallest absolute Gasteiger partial charge is 0.245 e. The number of carbonyl (C=O) groups excluding carboxylic acids is 2. The number of amides is 2. The fourth-order valence-corrected chi connectivity index (χ4v) is 1.76. The Morgan fingerprint density at radius 2 is 1.83 bits per heavy atom. The maximum atomic E-state index is 11.5. The summed E-state index contributed by atoms with van der Waals surface area (Å²) in [6, 6.07) is 0. The SMILES string of the molecule is CC(C)(C)C(=O)NCCC(=O)NOC1CCCC1. The molecule has 2 amide bonds. The van der Waals surface area contributed by atoms with Gasteiger partial charge in [-0.3, -0.25) is 14.4 Å². The van der Waals surface area contributed by atoms with Crippen LogP contribution in [0.1, 0.15) is 52.9 Å². The summed E-state index contributed by atoms with van der Waals surface area (Å²) >= 11 is 0. The first-order valence-corrected chi connectivity index (χ1v) is 6.62. The molecule has 0 radical (unpaired) electrons. The van der Waals surface area contributed by atoms with Gasteiger partial charge in [-0.1, -0.05) is 33.6 Å². The normalized spacial score (nSPS) is 16.6. The van der Waals surface area contributed by atoms with Gasteiger partial charge >= 0.3 is 0 Å². The molecular formula is C13H24N2O3. The van der Waals surface area contributed by atoms with Gasteiger partial charge in [-0.05, 0) is 12.8 Å². The average Bonchev–Trinajstić information content (AvgIpc) is 2.77. The number of hydrogen-bond acceptors (Lipinski definition) is 3. The van der Waals surface area contributed by atoms with Gasteiger partial charge in [0.15, 0.2) is 0 Å². The van der Waals surface area contributed by atoms with Gasteiger partial charge < -0.3 is 5.32 Å². The lowest BCUT2D eigenvalue weighted by Crippen LogP contribution is -2.37. The number of nitrogens with one attached hydrogen (secondary N) is 2. The summed E-state index contributed by atoms with van der Waals surface area (Å²) in [5.41, 5.74) is 2.03. The minimum atomic E-state index is -0.420. The van der Waals surface area contributed by atoms with E-state index in [1.165, 1.54) is 12.8 Å². The van der Waals surface area contributed by atoms with Crippen LogP contribution >= 0.6 is 0 Å². The molecular weight excluding hydrogens is 232 g/mol. The highest BCUT2D eigenvalue weighted by atomic mass is 16.7. The Morgan fingerprint density at radius 3 is 2.39 bits per heavy atom. The average molecular weight is 256 g/mol. The van der Waals surface area contributed by atoms with Crippen LogP contribution in [-0.2, 0) is 14.4 Å². The van der Waals surface area contributed by atoms with E-state index in [1.54, 1.807) is 0 Å². The molecule has 0 heterocycles. The van der Waals surface area contributed by atoms with E-state index < -0.39 is 5.41 Å². The first-order valence-electron chi connectivity index (χ1n) is 6.62. The molecule has 0 atom stereocenters. The zero-order chi connectivity index (χ0) is 13.6. The van der Waals surface area contributed by atoms with Crippen molar-refractivity contribution in [3.8, 4) is 0 Å². The van der Waals surface area contributed by atoms with Crippen molar-refractivity contribution in [2.75, 3.05) is 6.54 Å². The van der Waals surface area contributed by atoms with Gasteiger partial charge in [0.05, 0.1) is 6.10 Å². The molecule has 2 N–H and O–H groups in total. The largest absolute Gasteiger partial charge is 0.355 e. The molecule has 5 nitrogen and oxygen atoms in total. The van der Waals surface area contributed by atoms with Gasteiger partial charge in [0, 0.05) is 18.4 Å². The molecule has 0 spiro atoms. The van der Waals surface area contributed by atoms with Crippen LogP contribution in [0.25, 0.3) is 0 Å². The van der Waals surface area contributed by atoms with E-state index in [9.17, 15) is 9.59 Å². The molecule has 0 saturated heterocycles. The summed E-state index contributed by atoms with van der Waals surface area (Å²) in [6.45, 7) is 5.86. The predicted octanol–water partition coefficient (Wildman–Crippen LogP) is 1.53. The predicted molar refractivity (Wildman–Crippen MR) is 68.6 cm³/mol. The lowest BCUT2D eigenvalue weighted by Gasteiger charge is -2.17. The monoisotopic (exact) mass is 256 g/mol. The molecule has 1 rings (SSSR count). The Kier molecular flexibility index (Phi) is 5.59. The van der Waals surface area contributed by atoms with E-state index in [1.807, 2.05) is 20.8 Å². The van der Waals surface area contributed by atoms with Crippen LogP contribution < -0.4 is 10.8 Å². The lowest BCUT2D eigenvalue weighted by molar-refractivity contribution is -0.138. The number of carbonyl (C=O) groups is 2. The molecule has 0 aromatic rings. The third kappa shape index (κ3) is 5.49. The minimum Gasteiger partial charge on any atom is -0.355 e. The molecule has 1 aliphatic rings. The Balaban J connectivity index is 2.08. The number of hydroxylamine groups is 1. The van der Waals surface area contributed by atoms with Gasteiger partial charge in [0.2, 0.25) is 11.8 Å². The van der Waals surface area contributed by atoms with Crippen molar-refractivity contribution in [2.45, 2.75) is 59.0 Å². The second-order valence-electron chi connectivity index (χ2n) is 5.81. The van der Waals surface area contributed by atoms with Gasteiger partial charge in [-0.2, -0.15) is 0 Å². The Hall–Kier alpha value is -1.10. The molecule has 1 saturated carbocycles. The van der Waals surface area contributed by atoms with Crippen molar-refractivity contribution >= 4 is 11.8 Å². The number of rotatable bonds is 5. The van der Waals surface area contributed by atoms with Crippen molar-refractivity contribution < 1.29 is 14.4 Å². The number of hydrogen-bond donors (Lipinski definition) is 2. The second kappa shape index (κ2) is 6.73. The van der Waals surface area contributed by atoms with Crippen LogP contribution in [0.2, 0.25) is 0 Å². The quantitative estimate of drug-likeness (QED) is 0.733. The second-order valence-corrected chi connectivity index (χ2v) is 5.81. The van der Waals surface area contributed by atoms with Gasteiger partial charge in [-0.15, -0.1) is 0 Å². The van der Waals surface area contributed by atoms with E-state index >= 15 is 0 Å². The summed E-state index contributed by atoms with van der Waals surface area (Å²) in [4.78, 5) is 28.3. The van der Waals surface area contributed by atoms with Crippen LogP contribution in [0, 0.1) is 5.41 Å². The molecule has 104 valence electrons. The van der Waals surface area contributed by atoms with Crippen LogP contribution in [0.15, 0.2) is 0 Å². The van der Waals surface area contributed by atoms with Crippen molar-refractivity contribution in [1.29, 1.82) is 0 Å². The van der Waals surface area contributed by atoms with E-state index in [0.717, 1.165) is 12.8 Å². The fourth-order valence-electron chi connectivity index (χ4n) is 1.76. The highest BCUT2D eigenvalue weighted by Crippen LogP contribution is 2.19. The molecule has 18 heavy (non-hydrogen) atoms. The standard InChI is InChI=1S/C13H24N2O3/c1-13(2,3)12(17)14-9-8-11(16)15-18-10-6-4-5-7-10/h10H,4-9H2,1-3H3,(H,14,17)(H,15,16). The molecule has 0 unspecified atom stereocenters. The van der Waals surface area contributed by atoms with Crippen molar-refractivity contribution in [3.63, 3.8) is 0 Å². The Labute approximate surface area is 109 Å². The maximum absolute atomic E-state index is 11.5. The molecule has 0 bridgehead atoms. The van der Waals surface area contributed by atoms with Crippen LogP contribution in [-0.4, -0.2) is 24.5 Å². The fraction of sp³-hybridized carbons (Fsp3) is 0.846. The molecule has 0 aromatic carbocycles. The summed E-state index contributed by atoms with van der Waals surface area (Å²) in [5.74, 6) is -0.233. The van der Waals surface area contributed by atoms with E-state index in [0.29, 0.717) is 6.54 Å². The zero-order valence-corrected chi connectivity index (χ0v) is 11.5. The van der Waals surface area contributed by atoms with E-state index in [2.05, 4.69) is 10.8 Å². The van der Waals surface area contributed by atoms with Crippen molar-refractivity contribution in [2.24, 2.45) is 5.41 Å². The van der Waals surface area contributed by atoms with Crippen LogP contribution in [0.3, 0.4) is 0 Å². The van der Waals surface area contributed by atoms with Crippen LogP contribution in [0.5, 0.6) is 0 Å². The molecule has 1 fully saturated rings. The third-order valence-corrected chi connectivity index (χ3v) is 2.96. The first kappa shape index (κ1) is 15.0. The minimum absolute atomic E-state index is 0.0491. The van der Waals surface area contributed by atoms with Gasteiger partial charge in [0.25, 0.3) is 0 Å². The van der Waals surface area contributed by atoms with Gasteiger partial charge in [-0.25, -0.2) is 5.48 Å². The van der Waals surface area contributed by atoms with Crippen molar-refractivity contribution in [1.82, 2.24) is 10.8 Å². The summed E-state index contributed by atoms with van der Waals surface area (Å²) < 4.78 is 0. The maximum Gasteiger partial charge on any atom is 0.245 e. The Bertz CT molecular complexity index is 291. The molecule has 5 heteroatoms. The third-order valence-electron chi connectivity index (χ3n) is 2.96. The highest BCUT2D eigenvalue weighted by Gasteiger charge is 2.21. The first-order chi connectivity index (χ1) is 8.39. The highest BCUT2D eigenvalue weighted by molar-refractivity contribution is 5.82.